The minimum absolute atomic E-state index is 0.204. The molecule has 0 atom stereocenters. The summed E-state index contributed by atoms with van der Waals surface area (Å²) in [5, 5.41) is 9.12. The standard InChI is InChI=1S/C7H6N2O/c10-6-4-9-5-2-1-3-8-7(5)6/h1-4,9-10H. The number of nitrogens with zero attached hydrogens (tertiary/aromatic N) is 1. The second-order valence-corrected chi connectivity index (χ2v) is 2.07. The van der Waals surface area contributed by atoms with Crippen LogP contribution in [-0.4, -0.2) is 15.1 Å². The number of H-pyrrole nitrogens is 1. The fourth-order valence-electron chi connectivity index (χ4n) is 0.940. The summed E-state index contributed by atoms with van der Waals surface area (Å²) in [6, 6.07) is 3.68. The van der Waals surface area contributed by atoms with Gasteiger partial charge in [-0.2, -0.15) is 0 Å². The van der Waals surface area contributed by atoms with E-state index in [0.717, 1.165) is 5.52 Å². The predicted octanol–water partition coefficient (Wildman–Crippen LogP) is 1.27. The molecule has 0 unspecified atom stereocenters. The molecule has 2 aromatic rings. The van der Waals surface area contributed by atoms with Crippen molar-refractivity contribution in [3.05, 3.63) is 24.5 Å². The molecule has 2 heterocycles. The van der Waals surface area contributed by atoms with E-state index in [2.05, 4.69) is 9.97 Å². The van der Waals surface area contributed by atoms with Crippen LogP contribution in [0, 0.1) is 0 Å². The lowest BCUT2D eigenvalue weighted by Crippen LogP contribution is -1.70. The molecule has 2 rings (SSSR count). The number of hydrogen-bond donors (Lipinski definition) is 2. The Bertz CT molecular complexity index is 353. The fourth-order valence-corrected chi connectivity index (χ4v) is 0.940. The van der Waals surface area contributed by atoms with Crippen LogP contribution in [0.1, 0.15) is 0 Å². The molecule has 3 nitrogen and oxygen atoms in total. The van der Waals surface area contributed by atoms with E-state index in [-0.39, 0.29) is 5.75 Å². The van der Waals surface area contributed by atoms with Gasteiger partial charge in [0.2, 0.25) is 0 Å². The lowest BCUT2D eigenvalue weighted by molar-refractivity contribution is 0.480. The van der Waals surface area contributed by atoms with Crippen LogP contribution in [0.2, 0.25) is 0 Å². The highest BCUT2D eigenvalue weighted by molar-refractivity contribution is 5.80. The summed E-state index contributed by atoms with van der Waals surface area (Å²) < 4.78 is 0. The Kier molecular flexibility index (Phi) is 0.917. The van der Waals surface area contributed by atoms with Crippen LogP contribution in [0.15, 0.2) is 24.5 Å². The van der Waals surface area contributed by atoms with E-state index in [1.807, 2.05) is 12.1 Å². The molecule has 0 aliphatic heterocycles. The van der Waals surface area contributed by atoms with Crippen LogP contribution in [0.4, 0.5) is 0 Å². The smallest absolute Gasteiger partial charge is 0.159 e. The largest absolute Gasteiger partial charge is 0.504 e. The third kappa shape index (κ3) is 0.572. The van der Waals surface area contributed by atoms with Crippen LogP contribution in [0.3, 0.4) is 0 Å². The SMILES string of the molecule is Oc1c[nH]c2cccnc12. The first-order valence-electron chi connectivity index (χ1n) is 2.99. The quantitative estimate of drug-likeness (QED) is 0.570. The highest BCUT2D eigenvalue weighted by Crippen LogP contribution is 2.19. The molecular formula is C7H6N2O. The first kappa shape index (κ1) is 5.29. The summed E-state index contributed by atoms with van der Waals surface area (Å²) in [7, 11) is 0. The zero-order valence-corrected chi connectivity index (χ0v) is 5.20. The summed E-state index contributed by atoms with van der Waals surface area (Å²) in [6.07, 6.45) is 3.17. The van der Waals surface area contributed by atoms with Crippen molar-refractivity contribution in [2.24, 2.45) is 0 Å². The number of pyridine rings is 1. The first-order valence-corrected chi connectivity index (χ1v) is 2.99. The number of rotatable bonds is 0. The van der Waals surface area contributed by atoms with Crippen molar-refractivity contribution in [1.82, 2.24) is 9.97 Å². The van der Waals surface area contributed by atoms with Crippen LogP contribution in [0.25, 0.3) is 11.0 Å². The molecule has 0 aliphatic carbocycles. The van der Waals surface area contributed by atoms with Gasteiger partial charge in [0.25, 0.3) is 0 Å². The Hall–Kier alpha value is -1.51. The number of aromatic amines is 1. The van der Waals surface area contributed by atoms with Gasteiger partial charge in [0.05, 0.1) is 5.52 Å². The van der Waals surface area contributed by atoms with Crippen molar-refractivity contribution >= 4 is 11.0 Å². The molecule has 0 saturated carbocycles. The Morgan fingerprint density at radius 2 is 2.40 bits per heavy atom. The van der Waals surface area contributed by atoms with Crippen molar-refractivity contribution in [2.45, 2.75) is 0 Å². The maximum Gasteiger partial charge on any atom is 0.159 e. The molecule has 2 N–H and O–H groups in total. The normalized spacial score (nSPS) is 10.4. The Balaban J connectivity index is 2.93. The summed E-state index contributed by atoms with van der Waals surface area (Å²) >= 11 is 0. The molecule has 0 aromatic carbocycles. The second-order valence-electron chi connectivity index (χ2n) is 2.07. The highest BCUT2D eigenvalue weighted by atomic mass is 16.3. The van der Waals surface area contributed by atoms with Crippen molar-refractivity contribution in [3.63, 3.8) is 0 Å². The van der Waals surface area contributed by atoms with Gasteiger partial charge >= 0.3 is 0 Å². The van der Waals surface area contributed by atoms with E-state index in [4.69, 9.17) is 5.11 Å². The van der Waals surface area contributed by atoms with E-state index in [9.17, 15) is 0 Å². The molecule has 0 saturated heterocycles. The van der Waals surface area contributed by atoms with Crippen LogP contribution in [-0.2, 0) is 0 Å². The van der Waals surface area contributed by atoms with Crippen LogP contribution >= 0.6 is 0 Å². The van der Waals surface area contributed by atoms with Crippen molar-refractivity contribution in [1.29, 1.82) is 0 Å². The number of fused-ring (bicyclic) bond motifs is 1. The molecule has 2 aromatic heterocycles. The minimum Gasteiger partial charge on any atom is -0.504 e. The average Bonchev–Trinajstić information content (AvgIpc) is 2.34. The van der Waals surface area contributed by atoms with Gasteiger partial charge in [0.1, 0.15) is 5.52 Å². The number of aromatic nitrogens is 2. The van der Waals surface area contributed by atoms with Gasteiger partial charge in [-0.3, -0.25) is 4.98 Å². The van der Waals surface area contributed by atoms with E-state index >= 15 is 0 Å². The maximum absolute atomic E-state index is 9.12. The molecular weight excluding hydrogens is 128 g/mol. The van der Waals surface area contributed by atoms with Gasteiger partial charge in [-0.25, -0.2) is 0 Å². The molecule has 50 valence electrons. The van der Waals surface area contributed by atoms with Crippen LogP contribution < -0.4 is 0 Å². The first-order chi connectivity index (χ1) is 4.88. The van der Waals surface area contributed by atoms with Crippen molar-refractivity contribution in [2.75, 3.05) is 0 Å². The zero-order valence-electron chi connectivity index (χ0n) is 5.20. The summed E-state index contributed by atoms with van der Waals surface area (Å²) in [4.78, 5) is 6.83. The molecule has 0 radical (unpaired) electrons. The van der Waals surface area contributed by atoms with E-state index < -0.39 is 0 Å². The Labute approximate surface area is 57.3 Å². The molecule has 0 aliphatic rings. The lowest BCUT2D eigenvalue weighted by Gasteiger charge is -1.85. The summed E-state index contributed by atoms with van der Waals surface area (Å²) in [5.74, 6) is 0.204. The Morgan fingerprint density at radius 3 is 3.20 bits per heavy atom. The summed E-state index contributed by atoms with van der Waals surface area (Å²) in [6.45, 7) is 0. The van der Waals surface area contributed by atoms with Gasteiger partial charge in [-0.1, -0.05) is 0 Å². The number of aromatic hydroxyl groups is 1. The number of nitrogens with one attached hydrogen (secondary N) is 1. The van der Waals surface area contributed by atoms with Gasteiger partial charge in [-0.15, -0.1) is 0 Å². The molecule has 0 fully saturated rings. The monoisotopic (exact) mass is 134 g/mol. The minimum atomic E-state index is 0.204. The van der Waals surface area contributed by atoms with E-state index in [0.29, 0.717) is 5.52 Å². The van der Waals surface area contributed by atoms with E-state index in [1.165, 1.54) is 6.20 Å². The third-order valence-electron chi connectivity index (χ3n) is 1.41. The third-order valence-corrected chi connectivity index (χ3v) is 1.41. The second kappa shape index (κ2) is 1.73. The molecule has 0 bridgehead atoms. The lowest BCUT2D eigenvalue weighted by atomic mass is 10.4. The van der Waals surface area contributed by atoms with Gasteiger partial charge < -0.3 is 10.1 Å². The average molecular weight is 134 g/mol. The van der Waals surface area contributed by atoms with Gasteiger partial charge in [-0.05, 0) is 12.1 Å². The van der Waals surface area contributed by atoms with Crippen molar-refractivity contribution in [3.8, 4) is 5.75 Å². The zero-order chi connectivity index (χ0) is 6.97. The maximum atomic E-state index is 9.12. The Morgan fingerprint density at radius 1 is 1.50 bits per heavy atom. The van der Waals surface area contributed by atoms with Gasteiger partial charge in [0, 0.05) is 12.4 Å². The van der Waals surface area contributed by atoms with E-state index in [1.54, 1.807) is 6.20 Å². The topological polar surface area (TPSA) is 48.9 Å². The number of hydrogen-bond acceptors (Lipinski definition) is 2. The highest BCUT2D eigenvalue weighted by Gasteiger charge is 1.98. The summed E-state index contributed by atoms with van der Waals surface area (Å²) in [5.41, 5.74) is 1.49. The van der Waals surface area contributed by atoms with Crippen molar-refractivity contribution < 1.29 is 5.11 Å². The molecule has 10 heavy (non-hydrogen) atoms. The molecule has 0 amide bonds. The fraction of sp³-hybridized carbons (Fsp3) is 0. The molecule has 3 heteroatoms. The van der Waals surface area contributed by atoms with Crippen LogP contribution in [0.5, 0.6) is 5.75 Å². The molecule has 0 spiro atoms. The van der Waals surface area contributed by atoms with Gasteiger partial charge in [0.15, 0.2) is 5.75 Å². The predicted molar refractivity (Wildman–Crippen MR) is 37.8 cm³/mol.